The van der Waals surface area contributed by atoms with E-state index in [-0.39, 0.29) is 22.2 Å². The van der Waals surface area contributed by atoms with Crippen molar-refractivity contribution in [3.05, 3.63) is 81.6 Å². The molecule has 168 valence electrons. The van der Waals surface area contributed by atoms with E-state index in [1.54, 1.807) is 16.7 Å². The number of thioether (sulfide) groups is 1. The fourth-order valence-electron chi connectivity index (χ4n) is 3.21. The number of ether oxygens (including phenoxy) is 1. The second kappa shape index (κ2) is 9.47. The lowest BCUT2D eigenvalue weighted by Crippen LogP contribution is -2.15. The van der Waals surface area contributed by atoms with E-state index < -0.39 is 16.6 Å². The SMILES string of the molecule is COc1ccccc1-n1c(SCC(=O)Nc2ccc(Cl)cc2F)nc2cc([N+](=O)[O-])ccc21. The van der Waals surface area contributed by atoms with Gasteiger partial charge in [0.2, 0.25) is 5.91 Å². The Kier molecular flexibility index (Phi) is 6.47. The number of carbonyl (C=O) groups is 1. The number of rotatable bonds is 7. The van der Waals surface area contributed by atoms with Gasteiger partial charge in [-0.05, 0) is 36.4 Å². The van der Waals surface area contributed by atoms with Crippen LogP contribution < -0.4 is 10.1 Å². The molecule has 8 nitrogen and oxygen atoms in total. The minimum absolute atomic E-state index is 0.0128. The molecule has 0 radical (unpaired) electrons. The molecule has 0 fully saturated rings. The molecule has 0 unspecified atom stereocenters. The molecule has 3 aromatic carbocycles. The van der Waals surface area contributed by atoms with Gasteiger partial charge < -0.3 is 10.1 Å². The molecular formula is C22H16ClFN4O4S. The molecule has 0 aliphatic rings. The zero-order valence-electron chi connectivity index (χ0n) is 17.1. The molecule has 0 spiro atoms. The fourth-order valence-corrected chi connectivity index (χ4v) is 4.19. The summed E-state index contributed by atoms with van der Waals surface area (Å²) in [5.74, 6) is -0.618. The first kappa shape index (κ1) is 22.6. The number of aromatic nitrogens is 2. The fraction of sp³-hybridized carbons (Fsp3) is 0.0909. The van der Waals surface area contributed by atoms with Gasteiger partial charge in [-0.25, -0.2) is 9.37 Å². The molecule has 1 aromatic heterocycles. The number of nitro benzene ring substituents is 1. The first-order valence-corrected chi connectivity index (χ1v) is 10.9. The lowest BCUT2D eigenvalue weighted by atomic mass is 10.2. The highest BCUT2D eigenvalue weighted by Crippen LogP contribution is 2.34. The van der Waals surface area contributed by atoms with Crippen LogP contribution in [0.2, 0.25) is 5.02 Å². The first-order chi connectivity index (χ1) is 15.9. The number of para-hydroxylation sites is 2. The van der Waals surface area contributed by atoms with Gasteiger partial charge in [-0.1, -0.05) is 35.5 Å². The van der Waals surface area contributed by atoms with Crippen molar-refractivity contribution >= 4 is 51.7 Å². The van der Waals surface area contributed by atoms with E-state index in [1.807, 2.05) is 18.2 Å². The van der Waals surface area contributed by atoms with E-state index in [2.05, 4.69) is 10.3 Å². The Morgan fingerprint density at radius 1 is 1.24 bits per heavy atom. The van der Waals surface area contributed by atoms with Gasteiger partial charge in [0.25, 0.3) is 5.69 Å². The van der Waals surface area contributed by atoms with Gasteiger partial charge in [-0.2, -0.15) is 0 Å². The zero-order chi connectivity index (χ0) is 23.5. The summed E-state index contributed by atoms with van der Waals surface area (Å²) < 4.78 is 21.2. The molecule has 0 bridgehead atoms. The number of amides is 1. The molecular weight excluding hydrogens is 471 g/mol. The number of hydrogen-bond acceptors (Lipinski definition) is 6. The number of nitro groups is 1. The lowest BCUT2D eigenvalue weighted by Gasteiger charge is -2.13. The number of nitrogens with one attached hydrogen (secondary N) is 1. The van der Waals surface area contributed by atoms with Crippen molar-refractivity contribution < 1.29 is 18.8 Å². The van der Waals surface area contributed by atoms with Crippen LogP contribution in [0.15, 0.2) is 65.8 Å². The van der Waals surface area contributed by atoms with E-state index in [0.717, 1.165) is 17.8 Å². The van der Waals surface area contributed by atoms with Crippen LogP contribution in [0.5, 0.6) is 5.75 Å². The van der Waals surface area contributed by atoms with Gasteiger partial charge in [0.05, 0.1) is 40.2 Å². The second-order valence-electron chi connectivity index (χ2n) is 6.79. The lowest BCUT2D eigenvalue weighted by molar-refractivity contribution is -0.384. The number of nitrogens with zero attached hydrogens (tertiary/aromatic N) is 3. The summed E-state index contributed by atoms with van der Waals surface area (Å²) in [7, 11) is 1.53. The first-order valence-electron chi connectivity index (χ1n) is 9.55. The summed E-state index contributed by atoms with van der Waals surface area (Å²) >= 11 is 6.85. The van der Waals surface area contributed by atoms with Crippen molar-refractivity contribution in [2.24, 2.45) is 0 Å². The third-order valence-electron chi connectivity index (χ3n) is 4.68. The third-order valence-corrected chi connectivity index (χ3v) is 5.86. The highest BCUT2D eigenvalue weighted by atomic mass is 35.5. The van der Waals surface area contributed by atoms with Crippen molar-refractivity contribution in [2.45, 2.75) is 5.16 Å². The van der Waals surface area contributed by atoms with Crippen molar-refractivity contribution in [3.8, 4) is 11.4 Å². The van der Waals surface area contributed by atoms with Crippen LogP contribution in [0.1, 0.15) is 0 Å². The van der Waals surface area contributed by atoms with Crippen LogP contribution in [-0.4, -0.2) is 33.2 Å². The molecule has 11 heteroatoms. The smallest absolute Gasteiger partial charge is 0.271 e. The maximum Gasteiger partial charge on any atom is 0.271 e. The Morgan fingerprint density at radius 2 is 2.03 bits per heavy atom. The van der Waals surface area contributed by atoms with Crippen LogP contribution in [0.4, 0.5) is 15.8 Å². The Hall–Kier alpha value is -3.63. The molecule has 1 heterocycles. The predicted octanol–water partition coefficient (Wildman–Crippen LogP) is 5.47. The van der Waals surface area contributed by atoms with E-state index in [9.17, 15) is 19.3 Å². The zero-order valence-corrected chi connectivity index (χ0v) is 18.7. The van der Waals surface area contributed by atoms with Crippen LogP contribution >= 0.6 is 23.4 Å². The van der Waals surface area contributed by atoms with Gasteiger partial charge >= 0.3 is 0 Å². The molecule has 0 saturated carbocycles. The topological polar surface area (TPSA) is 99.3 Å². The molecule has 0 atom stereocenters. The molecule has 4 rings (SSSR count). The number of hydrogen-bond donors (Lipinski definition) is 1. The Labute approximate surface area is 196 Å². The van der Waals surface area contributed by atoms with Crippen molar-refractivity contribution in [3.63, 3.8) is 0 Å². The van der Waals surface area contributed by atoms with Crippen LogP contribution in [0, 0.1) is 15.9 Å². The normalized spacial score (nSPS) is 10.9. The monoisotopic (exact) mass is 486 g/mol. The molecule has 0 aliphatic heterocycles. The van der Waals surface area contributed by atoms with Crippen molar-refractivity contribution in [2.75, 3.05) is 18.2 Å². The number of non-ortho nitro benzene ring substituents is 1. The van der Waals surface area contributed by atoms with Gasteiger partial charge in [-0.15, -0.1) is 0 Å². The molecule has 0 aliphatic carbocycles. The summed E-state index contributed by atoms with van der Waals surface area (Å²) in [5, 5.41) is 14.3. The number of anilines is 1. The quantitative estimate of drug-likeness (QED) is 0.211. The summed E-state index contributed by atoms with van der Waals surface area (Å²) in [5.41, 5.74) is 1.57. The standard InChI is InChI=1S/C22H16ClFN4O4S/c1-32-20-5-3-2-4-19(20)27-18-9-7-14(28(30)31)11-17(18)26-22(27)33-12-21(29)25-16-8-6-13(23)10-15(16)24/h2-11H,12H2,1H3,(H,25,29). The number of imidazole rings is 1. The molecule has 4 aromatic rings. The average Bonchev–Trinajstić information content (AvgIpc) is 3.16. The van der Waals surface area contributed by atoms with Crippen LogP contribution in [0.25, 0.3) is 16.7 Å². The van der Waals surface area contributed by atoms with Gasteiger partial charge in [-0.3, -0.25) is 19.5 Å². The number of benzene rings is 3. The highest BCUT2D eigenvalue weighted by molar-refractivity contribution is 7.99. The molecule has 33 heavy (non-hydrogen) atoms. The van der Waals surface area contributed by atoms with E-state index in [0.29, 0.717) is 27.6 Å². The van der Waals surface area contributed by atoms with Gasteiger partial charge in [0.1, 0.15) is 11.6 Å². The van der Waals surface area contributed by atoms with E-state index in [1.165, 1.54) is 31.4 Å². The summed E-state index contributed by atoms with van der Waals surface area (Å²) in [6.07, 6.45) is 0. The number of halogens is 2. The number of methoxy groups -OCH3 is 1. The van der Waals surface area contributed by atoms with Crippen LogP contribution in [0.3, 0.4) is 0 Å². The second-order valence-corrected chi connectivity index (χ2v) is 8.17. The van der Waals surface area contributed by atoms with Crippen molar-refractivity contribution in [1.82, 2.24) is 9.55 Å². The molecule has 1 amide bonds. The average molecular weight is 487 g/mol. The predicted molar refractivity (Wildman–Crippen MR) is 125 cm³/mol. The van der Waals surface area contributed by atoms with Gasteiger partial charge in [0, 0.05) is 17.2 Å². The van der Waals surface area contributed by atoms with E-state index >= 15 is 0 Å². The molecule has 0 saturated heterocycles. The largest absolute Gasteiger partial charge is 0.495 e. The number of carbonyl (C=O) groups excluding carboxylic acids is 1. The minimum Gasteiger partial charge on any atom is -0.495 e. The third kappa shape index (κ3) is 4.76. The minimum atomic E-state index is -0.644. The Bertz CT molecular complexity index is 1380. The summed E-state index contributed by atoms with van der Waals surface area (Å²) in [6, 6.07) is 15.5. The van der Waals surface area contributed by atoms with Gasteiger partial charge in [0.15, 0.2) is 5.16 Å². The summed E-state index contributed by atoms with van der Waals surface area (Å²) in [6.45, 7) is 0. The van der Waals surface area contributed by atoms with E-state index in [4.69, 9.17) is 16.3 Å². The number of fused-ring (bicyclic) bond motifs is 1. The maximum atomic E-state index is 14.0. The summed E-state index contributed by atoms with van der Waals surface area (Å²) in [4.78, 5) is 27.7. The molecule has 1 N–H and O–H groups in total. The maximum absolute atomic E-state index is 14.0. The van der Waals surface area contributed by atoms with Crippen LogP contribution in [-0.2, 0) is 4.79 Å². The highest BCUT2D eigenvalue weighted by Gasteiger charge is 2.19. The Morgan fingerprint density at radius 3 is 2.76 bits per heavy atom. The Balaban J connectivity index is 1.68. The van der Waals surface area contributed by atoms with Crippen molar-refractivity contribution in [1.29, 1.82) is 0 Å².